The molecule has 0 atom stereocenters. The first-order chi connectivity index (χ1) is 14.9. The predicted octanol–water partition coefficient (Wildman–Crippen LogP) is 3.94. The maximum atomic E-state index is 13.2. The summed E-state index contributed by atoms with van der Waals surface area (Å²) in [4.78, 5) is 25.9. The number of esters is 1. The van der Waals surface area contributed by atoms with E-state index in [1.165, 1.54) is 21.3 Å². The van der Waals surface area contributed by atoms with E-state index in [0.717, 1.165) is 11.2 Å². The number of aryl methyl sites for hydroxylation is 1. The van der Waals surface area contributed by atoms with Crippen LogP contribution in [0.2, 0.25) is 0 Å². The van der Waals surface area contributed by atoms with Gasteiger partial charge in [-0.2, -0.15) is 0 Å². The van der Waals surface area contributed by atoms with E-state index in [2.05, 4.69) is 5.32 Å². The first kappa shape index (κ1) is 22.0. The molecule has 0 bridgehead atoms. The molecule has 3 aromatic rings. The normalized spacial score (nSPS) is 10.6. The summed E-state index contributed by atoms with van der Waals surface area (Å²) in [7, 11) is 6.38. The first-order valence-corrected chi connectivity index (χ1v) is 9.73. The number of anilines is 1. The van der Waals surface area contributed by atoms with Gasteiger partial charge in [-0.25, -0.2) is 4.79 Å². The Hall–Kier alpha value is -3.68. The zero-order chi connectivity index (χ0) is 22.7. The fourth-order valence-electron chi connectivity index (χ4n) is 3.51. The van der Waals surface area contributed by atoms with Crippen LogP contribution in [-0.4, -0.2) is 44.4 Å². The Morgan fingerprint density at radius 1 is 1.00 bits per heavy atom. The van der Waals surface area contributed by atoms with E-state index in [9.17, 15) is 9.59 Å². The molecule has 8 heteroatoms. The summed E-state index contributed by atoms with van der Waals surface area (Å²) in [5, 5.41) is 3.46. The SMILES string of the molecule is CCOC(=O)c1c(C)n(C)c2ccc(OC)c(NC(=O)c3cc(OC)cc(OC)c3)c12. The lowest BCUT2D eigenvalue weighted by Gasteiger charge is -2.14. The lowest BCUT2D eigenvalue weighted by Crippen LogP contribution is -2.14. The molecule has 1 N–H and O–H groups in total. The number of nitrogens with one attached hydrogen (secondary N) is 1. The van der Waals surface area contributed by atoms with Crippen LogP contribution in [0.3, 0.4) is 0 Å². The Kier molecular flexibility index (Phi) is 6.39. The molecule has 3 rings (SSSR count). The fourth-order valence-corrected chi connectivity index (χ4v) is 3.51. The van der Waals surface area contributed by atoms with Crippen molar-refractivity contribution in [2.75, 3.05) is 33.3 Å². The Labute approximate surface area is 180 Å². The smallest absolute Gasteiger partial charge is 0.340 e. The summed E-state index contributed by atoms with van der Waals surface area (Å²) >= 11 is 0. The summed E-state index contributed by atoms with van der Waals surface area (Å²) < 4.78 is 23.2. The molecule has 164 valence electrons. The van der Waals surface area contributed by atoms with Gasteiger partial charge in [0.15, 0.2) is 0 Å². The molecule has 0 saturated heterocycles. The average molecular weight is 426 g/mol. The lowest BCUT2D eigenvalue weighted by molar-refractivity contribution is 0.0527. The van der Waals surface area contributed by atoms with Gasteiger partial charge in [-0.3, -0.25) is 4.79 Å². The highest BCUT2D eigenvalue weighted by Crippen LogP contribution is 2.39. The van der Waals surface area contributed by atoms with E-state index in [1.54, 1.807) is 31.2 Å². The van der Waals surface area contributed by atoms with Crippen LogP contribution in [0.4, 0.5) is 5.69 Å². The molecule has 0 aliphatic heterocycles. The summed E-state index contributed by atoms with van der Waals surface area (Å²) in [5.41, 5.74) is 2.59. The quantitative estimate of drug-likeness (QED) is 0.576. The van der Waals surface area contributed by atoms with E-state index >= 15 is 0 Å². The van der Waals surface area contributed by atoms with Crippen LogP contribution in [0.1, 0.15) is 33.3 Å². The number of hydrogen-bond donors (Lipinski definition) is 1. The van der Waals surface area contributed by atoms with Crippen molar-refractivity contribution in [1.29, 1.82) is 0 Å². The highest BCUT2D eigenvalue weighted by Gasteiger charge is 2.25. The summed E-state index contributed by atoms with van der Waals surface area (Å²) in [6, 6.07) is 8.48. The molecule has 0 fully saturated rings. The zero-order valence-corrected chi connectivity index (χ0v) is 18.5. The second-order valence-corrected chi connectivity index (χ2v) is 6.83. The van der Waals surface area contributed by atoms with Gasteiger partial charge in [-0.1, -0.05) is 0 Å². The number of rotatable bonds is 7. The Morgan fingerprint density at radius 2 is 1.65 bits per heavy atom. The number of benzene rings is 2. The number of nitrogens with zero attached hydrogens (tertiary/aromatic N) is 1. The van der Waals surface area contributed by atoms with Gasteiger partial charge in [0, 0.05) is 29.8 Å². The molecule has 0 aliphatic rings. The molecule has 8 nitrogen and oxygen atoms in total. The standard InChI is InChI=1S/C23H26N2O6/c1-7-31-23(27)19-13(2)25(3)17-8-9-18(30-6)21(20(17)19)24-22(26)14-10-15(28-4)12-16(11-14)29-5/h8-12H,7H2,1-6H3,(H,24,26). The third-order valence-electron chi connectivity index (χ3n) is 5.17. The minimum Gasteiger partial charge on any atom is -0.497 e. The largest absolute Gasteiger partial charge is 0.497 e. The van der Waals surface area contributed by atoms with E-state index in [1.807, 2.05) is 24.6 Å². The number of carbonyl (C=O) groups is 2. The molecule has 0 spiro atoms. The van der Waals surface area contributed by atoms with Crippen molar-refractivity contribution in [2.24, 2.45) is 7.05 Å². The number of carbonyl (C=O) groups excluding carboxylic acids is 2. The van der Waals surface area contributed by atoms with Gasteiger partial charge in [0.2, 0.25) is 0 Å². The van der Waals surface area contributed by atoms with Crippen molar-refractivity contribution in [2.45, 2.75) is 13.8 Å². The summed E-state index contributed by atoms with van der Waals surface area (Å²) in [6.45, 7) is 3.82. The number of hydrogen-bond acceptors (Lipinski definition) is 6. The average Bonchev–Trinajstić information content (AvgIpc) is 3.04. The van der Waals surface area contributed by atoms with Crippen molar-refractivity contribution in [1.82, 2.24) is 4.57 Å². The van der Waals surface area contributed by atoms with Crippen LogP contribution in [0.5, 0.6) is 17.2 Å². The van der Waals surface area contributed by atoms with Gasteiger partial charge in [0.05, 0.1) is 44.7 Å². The molecular formula is C23H26N2O6. The molecular weight excluding hydrogens is 400 g/mol. The molecule has 1 heterocycles. The van der Waals surface area contributed by atoms with Crippen molar-refractivity contribution in [3.63, 3.8) is 0 Å². The maximum Gasteiger partial charge on any atom is 0.340 e. The van der Waals surface area contributed by atoms with Crippen molar-refractivity contribution < 1.29 is 28.5 Å². The monoisotopic (exact) mass is 426 g/mol. The molecule has 0 saturated carbocycles. The lowest BCUT2D eigenvalue weighted by atomic mass is 10.1. The zero-order valence-electron chi connectivity index (χ0n) is 18.5. The van der Waals surface area contributed by atoms with Gasteiger partial charge in [-0.05, 0) is 38.1 Å². The van der Waals surface area contributed by atoms with Crippen LogP contribution in [0, 0.1) is 6.92 Å². The van der Waals surface area contributed by atoms with E-state index < -0.39 is 11.9 Å². The number of ether oxygens (including phenoxy) is 4. The maximum absolute atomic E-state index is 13.2. The Morgan fingerprint density at radius 3 is 2.19 bits per heavy atom. The number of amides is 1. The second-order valence-electron chi connectivity index (χ2n) is 6.83. The van der Waals surface area contributed by atoms with Crippen LogP contribution < -0.4 is 19.5 Å². The van der Waals surface area contributed by atoms with Crippen LogP contribution in [0.15, 0.2) is 30.3 Å². The highest BCUT2D eigenvalue weighted by atomic mass is 16.5. The fraction of sp³-hybridized carbons (Fsp3) is 0.304. The highest BCUT2D eigenvalue weighted by molar-refractivity contribution is 6.17. The minimum absolute atomic E-state index is 0.240. The van der Waals surface area contributed by atoms with Gasteiger partial charge < -0.3 is 28.8 Å². The predicted molar refractivity (Wildman–Crippen MR) is 118 cm³/mol. The first-order valence-electron chi connectivity index (χ1n) is 9.73. The minimum atomic E-state index is -0.461. The van der Waals surface area contributed by atoms with Crippen LogP contribution >= 0.6 is 0 Å². The molecule has 0 unspecified atom stereocenters. The molecule has 1 aromatic heterocycles. The van der Waals surface area contributed by atoms with E-state index in [-0.39, 0.29) is 6.61 Å². The van der Waals surface area contributed by atoms with Gasteiger partial charge in [-0.15, -0.1) is 0 Å². The topological polar surface area (TPSA) is 88.0 Å². The molecule has 1 amide bonds. The molecule has 0 aliphatic carbocycles. The number of fused-ring (bicyclic) bond motifs is 1. The van der Waals surface area contributed by atoms with E-state index in [4.69, 9.17) is 18.9 Å². The molecule has 0 radical (unpaired) electrons. The molecule has 2 aromatic carbocycles. The van der Waals surface area contributed by atoms with Crippen molar-refractivity contribution in [3.8, 4) is 17.2 Å². The molecule has 31 heavy (non-hydrogen) atoms. The second kappa shape index (κ2) is 8.99. The van der Waals surface area contributed by atoms with Crippen molar-refractivity contribution in [3.05, 3.63) is 47.2 Å². The van der Waals surface area contributed by atoms with Gasteiger partial charge in [0.1, 0.15) is 17.2 Å². The Bertz CT molecular complexity index is 1130. The third-order valence-corrected chi connectivity index (χ3v) is 5.17. The number of aromatic nitrogens is 1. The van der Waals surface area contributed by atoms with Crippen molar-refractivity contribution >= 4 is 28.5 Å². The van der Waals surface area contributed by atoms with E-state index in [0.29, 0.717) is 39.4 Å². The number of methoxy groups -OCH3 is 3. The van der Waals surface area contributed by atoms with Gasteiger partial charge >= 0.3 is 5.97 Å². The van der Waals surface area contributed by atoms with Crippen LogP contribution in [0.25, 0.3) is 10.9 Å². The third kappa shape index (κ3) is 4.01. The van der Waals surface area contributed by atoms with Gasteiger partial charge in [0.25, 0.3) is 5.91 Å². The Balaban J connectivity index is 2.18. The van der Waals surface area contributed by atoms with Crippen LogP contribution in [-0.2, 0) is 11.8 Å². The summed E-state index contributed by atoms with van der Waals surface area (Å²) in [5.74, 6) is 0.526. The summed E-state index contributed by atoms with van der Waals surface area (Å²) in [6.07, 6.45) is 0.